The third-order valence-corrected chi connectivity index (χ3v) is 5.39. The van der Waals surface area contributed by atoms with E-state index in [4.69, 9.17) is 0 Å². The molecule has 0 aliphatic rings. The molecule has 0 atom stereocenters. The Bertz CT molecular complexity index is 1040. The van der Waals surface area contributed by atoms with Gasteiger partial charge < -0.3 is 5.32 Å². The highest BCUT2D eigenvalue weighted by Gasteiger charge is 2.09. The summed E-state index contributed by atoms with van der Waals surface area (Å²) in [6.07, 6.45) is 5.13. The number of hydrogen-bond acceptors (Lipinski definition) is 7. The Morgan fingerprint density at radius 2 is 2.19 bits per heavy atom. The average molecular weight is 382 g/mol. The summed E-state index contributed by atoms with van der Waals surface area (Å²) in [6.45, 7) is 2.03. The lowest BCUT2D eigenvalue weighted by Crippen LogP contribution is -2.13. The van der Waals surface area contributed by atoms with E-state index in [2.05, 4.69) is 31.5 Å². The molecule has 0 bridgehead atoms. The normalized spacial score (nSPS) is 11.0. The molecule has 26 heavy (non-hydrogen) atoms. The van der Waals surface area contributed by atoms with Crippen LogP contribution >= 0.6 is 23.1 Å². The van der Waals surface area contributed by atoms with Gasteiger partial charge in [-0.1, -0.05) is 29.2 Å². The van der Waals surface area contributed by atoms with Gasteiger partial charge in [-0.25, -0.2) is 9.97 Å². The first-order chi connectivity index (χ1) is 12.7. The molecule has 0 spiro atoms. The fraction of sp³-hybridized carbons (Fsp3) is 0.118. The zero-order valence-electron chi connectivity index (χ0n) is 13.8. The van der Waals surface area contributed by atoms with E-state index in [9.17, 15) is 4.79 Å². The van der Waals surface area contributed by atoms with Crippen LogP contribution in [0, 0.1) is 6.92 Å². The van der Waals surface area contributed by atoms with Crippen molar-refractivity contribution in [3.8, 4) is 5.82 Å². The Labute approximate surface area is 157 Å². The number of rotatable bonds is 5. The molecule has 3 aromatic heterocycles. The van der Waals surface area contributed by atoms with E-state index in [0.29, 0.717) is 16.0 Å². The minimum atomic E-state index is -0.119. The predicted molar refractivity (Wildman–Crippen MR) is 103 cm³/mol. The Kier molecular flexibility index (Phi) is 4.63. The summed E-state index contributed by atoms with van der Waals surface area (Å²) in [4.78, 5) is 20.6. The van der Waals surface area contributed by atoms with Crippen molar-refractivity contribution in [3.05, 3.63) is 54.6 Å². The zero-order chi connectivity index (χ0) is 17.9. The second kappa shape index (κ2) is 7.22. The lowest BCUT2D eigenvalue weighted by atomic mass is 10.2. The molecular weight excluding hydrogens is 368 g/mol. The van der Waals surface area contributed by atoms with Gasteiger partial charge >= 0.3 is 0 Å². The quantitative estimate of drug-likeness (QED) is 0.533. The summed E-state index contributed by atoms with van der Waals surface area (Å²) >= 11 is 2.80. The number of hydrogen-bond donors (Lipinski definition) is 1. The maximum Gasteiger partial charge on any atom is 0.236 e. The van der Waals surface area contributed by atoms with Crippen LogP contribution in [0.1, 0.15) is 5.56 Å². The average Bonchev–Trinajstić information content (AvgIpc) is 3.29. The number of nitrogens with one attached hydrogen (secondary N) is 1. The molecule has 0 saturated carbocycles. The number of carbonyl (C=O) groups excluding carboxylic acids is 1. The Morgan fingerprint density at radius 3 is 2.96 bits per heavy atom. The molecule has 0 radical (unpaired) electrons. The Balaban J connectivity index is 1.35. The first kappa shape index (κ1) is 16.7. The molecule has 1 aromatic carbocycles. The molecule has 4 aromatic rings. The minimum absolute atomic E-state index is 0.119. The maximum absolute atomic E-state index is 12.2. The van der Waals surface area contributed by atoms with E-state index < -0.39 is 0 Å². The van der Waals surface area contributed by atoms with Gasteiger partial charge in [0.15, 0.2) is 10.9 Å². The number of benzene rings is 1. The van der Waals surface area contributed by atoms with E-state index in [1.54, 1.807) is 23.3 Å². The number of nitrogens with zero attached hydrogens (tertiary/aromatic N) is 5. The monoisotopic (exact) mass is 382 g/mol. The smallest absolute Gasteiger partial charge is 0.236 e. The van der Waals surface area contributed by atoms with Crippen LogP contribution < -0.4 is 5.32 Å². The Morgan fingerprint density at radius 1 is 1.27 bits per heavy atom. The summed E-state index contributed by atoms with van der Waals surface area (Å²) in [7, 11) is 0. The predicted octanol–water partition coefficient (Wildman–Crippen LogP) is 3.31. The number of thiazole rings is 1. The summed E-state index contributed by atoms with van der Waals surface area (Å²) in [5, 5.41) is 12.4. The van der Waals surface area contributed by atoms with E-state index >= 15 is 0 Å². The lowest BCUT2D eigenvalue weighted by molar-refractivity contribution is -0.113. The van der Waals surface area contributed by atoms with Gasteiger partial charge in [0, 0.05) is 12.4 Å². The van der Waals surface area contributed by atoms with Crippen LogP contribution in [-0.4, -0.2) is 36.4 Å². The molecule has 0 fully saturated rings. The molecule has 1 N–H and O–H groups in total. The molecule has 0 saturated heterocycles. The summed E-state index contributed by atoms with van der Waals surface area (Å²) in [6, 6.07) is 9.71. The number of carbonyl (C=O) groups is 1. The molecule has 1 amide bonds. The highest BCUT2D eigenvalue weighted by molar-refractivity contribution is 7.99. The number of aromatic nitrogens is 5. The van der Waals surface area contributed by atoms with Crippen molar-refractivity contribution in [2.24, 2.45) is 0 Å². The van der Waals surface area contributed by atoms with Crippen molar-refractivity contribution in [2.45, 2.75) is 11.9 Å². The van der Waals surface area contributed by atoms with Crippen molar-refractivity contribution in [1.82, 2.24) is 24.7 Å². The molecule has 9 heteroatoms. The van der Waals surface area contributed by atoms with E-state index in [-0.39, 0.29) is 11.7 Å². The standard InChI is InChI=1S/C17H14N6OS2/c1-11-2-3-12-13(8-11)26-17(19-12)20-15(24)9-25-16-5-4-14(21-22-16)23-7-6-18-10-23/h2-8,10H,9H2,1H3,(H,19,20,24). The third kappa shape index (κ3) is 3.73. The van der Waals surface area contributed by atoms with Crippen molar-refractivity contribution < 1.29 is 4.79 Å². The van der Waals surface area contributed by atoms with Crippen molar-refractivity contribution in [3.63, 3.8) is 0 Å². The molecule has 0 unspecified atom stereocenters. The van der Waals surface area contributed by atoms with Gasteiger partial charge in [0.25, 0.3) is 0 Å². The van der Waals surface area contributed by atoms with Crippen molar-refractivity contribution in [1.29, 1.82) is 0 Å². The van der Waals surface area contributed by atoms with Crippen LogP contribution in [0.25, 0.3) is 16.0 Å². The largest absolute Gasteiger partial charge is 0.301 e. The van der Waals surface area contributed by atoms with Gasteiger partial charge in [-0.2, -0.15) is 0 Å². The minimum Gasteiger partial charge on any atom is -0.301 e. The van der Waals surface area contributed by atoms with Gasteiger partial charge in [0.05, 0.1) is 16.0 Å². The van der Waals surface area contributed by atoms with Gasteiger partial charge in [0.1, 0.15) is 11.4 Å². The number of imidazole rings is 1. The molecule has 130 valence electrons. The van der Waals surface area contributed by atoms with Crippen molar-refractivity contribution >= 4 is 44.4 Å². The molecule has 0 aliphatic carbocycles. The van der Waals surface area contributed by atoms with E-state index in [1.807, 2.05) is 31.2 Å². The highest BCUT2D eigenvalue weighted by Crippen LogP contribution is 2.27. The number of amides is 1. The fourth-order valence-electron chi connectivity index (χ4n) is 2.30. The highest BCUT2D eigenvalue weighted by atomic mass is 32.2. The van der Waals surface area contributed by atoms with Crippen LogP contribution in [0.15, 0.2) is 54.1 Å². The number of thioether (sulfide) groups is 1. The van der Waals surface area contributed by atoms with Crippen molar-refractivity contribution in [2.75, 3.05) is 11.1 Å². The molecule has 3 heterocycles. The maximum atomic E-state index is 12.2. The number of aryl methyl sites for hydroxylation is 1. The zero-order valence-corrected chi connectivity index (χ0v) is 15.4. The molecule has 0 aliphatic heterocycles. The number of fused-ring (bicyclic) bond motifs is 1. The second-order valence-corrected chi connectivity index (χ2v) is 7.55. The van der Waals surface area contributed by atoms with Gasteiger partial charge in [-0.3, -0.25) is 9.36 Å². The van der Waals surface area contributed by atoms with Gasteiger partial charge in [0.2, 0.25) is 5.91 Å². The van der Waals surface area contributed by atoms with Gasteiger partial charge in [-0.15, -0.1) is 10.2 Å². The number of anilines is 1. The van der Waals surface area contributed by atoms with Crippen LogP contribution in [0.5, 0.6) is 0 Å². The Hall–Kier alpha value is -2.78. The first-order valence-electron chi connectivity index (χ1n) is 7.79. The van der Waals surface area contributed by atoms with Crippen LogP contribution in [0.2, 0.25) is 0 Å². The van der Waals surface area contributed by atoms with Crippen LogP contribution in [-0.2, 0) is 4.79 Å². The van der Waals surface area contributed by atoms with Crippen LogP contribution in [0.3, 0.4) is 0 Å². The van der Waals surface area contributed by atoms with E-state index in [0.717, 1.165) is 10.2 Å². The lowest BCUT2D eigenvalue weighted by Gasteiger charge is -2.03. The molecular formula is C17H14N6OS2. The van der Waals surface area contributed by atoms with Gasteiger partial charge in [-0.05, 0) is 36.8 Å². The summed E-state index contributed by atoms with van der Waals surface area (Å²) in [5.41, 5.74) is 2.07. The van der Waals surface area contributed by atoms with E-state index in [1.165, 1.54) is 28.7 Å². The summed E-state index contributed by atoms with van der Waals surface area (Å²) in [5.74, 6) is 0.806. The SMILES string of the molecule is Cc1ccc2nc(NC(=O)CSc3ccc(-n4ccnc4)nn3)sc2c1. The third-order valence-electron chi connectivity index (χ3n) is 3.54. The molecule has 7 nitrogen and oxygen atoms in total. The topological polar surface area (TPSA) is 85.6 Å². The first-order valence-corrected chi connectivity index (χ1v) is 9.59. The molecule has 4 rings (SSSR count). The van der Waals surface area contributed by atoms with Crippen LogP contribution in [0.4, 0.5) is 5.13 Å². The fourth-order valence-corrected chi connectivity index (χ4v) is 3.90. The second-order valence-electron chi connectivity index (χ2n) is 5.53. The summed E-state index contributed by atoms with van der Waals surface area (Å²) < 4.78 is 2.83.